The molecule has 13 heteroatoms. The van der Waals surface area contributed by atoms with Crippen LogP contribution in [-0.2, 0) is 23.1 Å². The summed E-state index contributed by atoms with van der Waals surface area (Å²) < 4.78 is 69.9. The lowest BCUT2D eigenvalue weighted by molar-refractivity contribution is -0.144. The van der Waals surface area contributed by atoms with Crippen LogP contribution in [-0.4, -0.2) is 21.9 Å². The highest BCUT2D eigenvalue weighted by atomic mass is 79.9. The summed E-state index contributed by atoms with van der Waals surface area (Å²) in [6.07, 6.45) is -4.88. The molecule has 0 fully saturated rings. The number of rotatable bonds is 4. The first-order valence-corrected chi connectivity index (χ1v) is 12.4. The number of alkyl halides is 4. The lowest BCUT2D eigenvalue weighted by Crippen LogP contribution is -2.40. The fourth-order valence-electron chi connectivity index (χ4n) is 3.26. The molecule has 1 unspecified atom stereocenters. The normalized spacial score (nSPS) is 13.4. The molecule has 0 saturated heterocycles. The number of benzene rings is 2. The molecule has 0 radical (unpaired) electrons. The number of sulfone groups is 1. The molecular weight excluding hydrogens is 547 g/mol. The second-order valence-electron chi connectivity index (χ2n) is 6.96. The van der Waals surface area contributed by atoms with Crippen LogP contribution in [0.5, 0.6) is 0 Å². The molecule has 0 aliphatic heterocycles. The average molecular weight is 560 g/mol. The molecule has 0 saturated carbocycles. The van der Waals surface area contributed by atoms with Gasteiger partial charge in [-0.15, -0.1) is 0 Å². The molecule has 0 spiro atoms. The Morgan fingerprint density at radius 2 is 1.73 bits per heavy atom. The van der Waals surface area contributed by atoms with Gasteiger partial charge in [-0.1, -0.05) is 34.1 Å². The van der Waals surface area contributed by atoms with Crippen molar-refractivity contribution < 1.29 is 21.6 Å². The first kappa shape index (κ1) is 23.4. The van der Waals surface area contributed by atoms with E-state index in [1.165, 1.54) is 30.3 Å². The number of hydrogen-bond acceptors (Lipinski definition) is 6. The van der Waals surface area contributed by atoms with Crippen molar-refractivity contribution in [2.45, 2.75) is 15.2 Å². The van der Waals surface area contributed by atoms with Crippen molar-refractivity contribution >= 4 is 47.4 Å². The SMILES string of the molecule is Cn1c(C(F)(F)F)cc(=O)n(-c2ccc3snc(C(Br)S(=O)(=O)c4ccccc4)c3c2)c1=O. The smallest absolute Gasteiger partial charge is 0.292 e. The number of nitrogens with zero attached hydrogens (tertiary/aromatic N) is 3. The maximum absolute atomic E-state index is 13.1. The van der Waals surface area contributed by atoms with Crippen LogP contribution in [0.3, 0.4) is 0 Å². The van der Waals surface area contributed by atoms with Gasteiger partial charge in [0.15, 0.2) is 14.0 Å². The summed E-state index contributed by atoms with van der Waals surface area (Å²) in [5.74, 6) is 0. The van der Waals surface area contributed by atoms with Crippen LogP contribution in [0.1, 0.15) is 15.5 Å². The average Bonchev–Trinajstić information content (AvgIpc) is 3.19. The maximum atomic E-state index is 13.1. The zero-order chi connectivity index (χ0) is 24.1. The maximum Gasteiger partial charge on any atom is 0.431 e. The highest BCUT2D eigenvalue weighted by molar-refractivity contribution is 9.10. The summed E-state index contributed by atoms with van der Waals surface area (Å²) in [7, 11) is -2.96. The van der Waals surface area contributed by atoms with Crippen molar-refractivity contribution in [2.75, 3.05) is 0 Å². The minimum atomic E-state index is -4.88. The molecule has 0 aliphatic rings. The lowest BCUT2D eigenvalue weighted by atomic mass is 10.2. The lowest BCUT2D eigenvalue weighted by Gasteiger charge is -2.14. The van der Waals surface area contributed by atoms with Crippen molar-refractivity contribution in [1.29, 1.82) is 0 Å². The molecule has 0 bridgehead atoms. The number of aromatic nitrogens is 3. The molecule has 2 heterocycles. The Labute approximate surface area is 196 Å². The predicted octanol–water partition coefficient (Wildman–Crippen LogP) is 4.03. The zero-order valence-corrected chi connectivity index (χ0v) is 19.8. The molecule has 0 amide bonds. The summed E-state index contributed by atoms with van der Waals surface area (Å²) in [5, 5.41) is 0.340. The van der Waals surface area contributed by atoms with Gasteiger partial charge in [-0.25, -0.2) is 17.8 Å². The molecule has 172 valence electrons. The predicted molar refractivity (Wildman–Crippen MR) is 121 cm³/mol. The van der Waals surface area contributed by atoms with Crippen molar-refractivity contribution in [3.05, 3.63) is 86.8 Å². The van der Waals surface area contributed by atoms with Crippen LogP contribution in [0.4, 0.5) is 13.2 Å². The highest BCUT2D eigenvalue weighted by Gasteiger charge is 2.35. The number of halogens is 4. The van der Waals surface area contributed by atoms with Crippen LogP contribution < -0.4 is 11.2 Å². The van der Waals surface area contributed by atoms with Gasteiger partial charge in [0.25, 0.3) is 5.56 Å². The van der Waals surface area contributed by atoms with Gasteiger partial charge < -0.3 is 0 Å². The molecule has 4 rings (SSSR count). The van der Waals surface area contributed by atoms with Gasteiger partial charge in [0.05, 0.1) is 21.0 Å². The van der Waals surface area contributed by atoms with Crippen LogP contribution >= 0.6 is 27.5 Å². The Morgan fingerprint density at radius 1 is 1.06 bits per heavy atom. The fourth-order valence-corrected chi connectivity index (χ4v) is 6.50. The van der Waals surface area contributed by atoms with Gasteiger partial charge >= 0.3 is 11.9 Å². The molecule has 2 aromatic carbocycles. The van der Waals surface area contributed by atoms with E-state index in [-0.39, 0.29) is 16.3 Å². The Balaban J connectivity index is 1.88. The highest BCUT2D eigenvalue weighted by Crippen LogP contribution is 2.39. The van der Waals surface area contributed by atoms with Gasteiger partial charge in [0.2, 0.25) is 0 Å². The van der Waals surface area contributed by atoms with Gasteiger partial charge in [-0.3, -0.25) is 9.36 Å². The zero-order valence-electron chi connectivity index (χ0n) is 16.6. The molecule has 33 heavy (non-hydrogen) atoms. The summed E-state index contributed by atoms with van der Waals surface area (Å²) in [4.78, 5) is 25.1. The largest absolute Gasteiger partial charge is 0.431 e. The summed E-state index contributed by atoms with van der Waals surface area (Å²) in [6, 6.07) is 12.3. The molecule has 2 aromatic heterocycles. The standard InChI is InChI=1S/C20H13BrF3N3O4S2/c1-26-15(20(22,23)24)10-16(28)27(19(26)29)11-7-8-14-13(9-11)17(25-32-14)18(21)33(30,31)12-5-3-2-4-6-12/h2-10,18H,1H3. The third kappa shape index (κ3) is 4.04. The van der Waals surface area contributed by atoms with Crippen molar-refractivity contribution in [3.63, 3.8) is 0 Å². The van der Waals surface area contributed by atoms with Crippen molar-refractivity contribution in [3.8, 4) is 5.69 Å². The first-order chi connectivity index (χ1) is 15.4. The van der Waals surface area contributed by atoms with Crippen LogP contribution in [0.15, 0.2) is 69.1 Å². The Kier molecular flexibility index (Phi) is 5.83. The van der Waals surface area contributed by atoms with E-state index in [9.17, 15) is 31.2 Å². The monoisotopic (exact) mass is 559 g/mol. The minimum Gasteiger partial charge on any atom is -0.292 e. The van der Waals surface area contributed by atoms with Gasteiger partial charge in [-0.05, 0) is 41.9 Å². The molecule has 7 nitrogen and oxygen atoms in total. The fraction of sp³-hybridized carbons (Fsp3) is 0.150. The summed E-state index contributed by atoms with van der Waals surface area (Å²) in [6.45, 7) is 0. The summed E-state index contributed by atoms with van der Waals surface area (Å²) >= 11 is 4.20. The molecule has 4 aromatic rings. The Morgan fingerprint density at radius 3 is 2.36 bits per heavy atom. The van der Waals surface area contributed by atoms with Crippen LogP contribution in [0.25, 0.3) is 15.8 Å². The third-order valence-electron chi connectivity index (χ3n) is 4.91. The van der Waals surface area contributed by atoms with E-state index in [1.807, 2.05) is 0 Å². The summed E-state index contributed by atoms with van der Waals surface area (Å²) in [5.41, 5.74) is -3.60. The Hall–Kier alpha value is -2.77. The molecule has 1 atom stereocenters. The second kappa shape index (κ2) is 8.22. The first-order valence-electron chi connectivity index (χ1n) is 9.16. The molecule has 0 N–H and O–H groups in total. The quantitative estimate of drug-likeness (QED) is 0.352. The molecule has 0 aliphatic carbocycles. The van der Waals surface area contributed by atoms with E-state index < -0.39 is 37.1 Å². The van der Waals surface area contributed by atoms with Gasteiger partial charge in [-0.2, -0.15) is 17.5 Å². The van der Waals surface area contributed by atoms with E-state index in [4.69, 9.17) is 0 Å². The van der Waals surface area contributed by atoms with E-state index >= 15 is 0 Å². The minimum absolute atomic E-state index is 0.0138. The Bertz CT molecular complexity index is 1590. The number of fused-ring (bicyclic) bond motifs is 1. The van der Waals surface area contributed by atoms with Crippen molar-refractivity contribution in [2.24, 2.45) is 7.05 Å². The topological polar surface area (TPSA) is 91.0 Å². The van der Waals surface area contributed by atoms with E-state index in [1.54, 1.807) is 18.2 Å². The van der Waals surface area contributed by atoms with Crippen LogP contribution in [0, 0.1) is 0 Å². The number of hydrogen-bond donors (Lipinski definition) is 0. The molecular formula is C20H13BrF3N3O4S2. The second-order valence-corrected chi connectivity index (χ2v) is 11.3. The van der Waals surface area contributed by atoms with E-state index in [2.05, 4.69) is 20.3 Å². The van der Waals surface area contributed by atoms with E-state index in [0.717, 1.165) is 18.6 Å². The van der Waals surface area contributed by atoms with Gasteiger partial charge in [0.1, 0.15) is 5.69 Å². The third-order valence-corrected chi connectivity index (χ3v) is 9.36. The van der Waals surface area contributed by atoms with Crippen molar-refractivity contribution in [1.82, 2.24) is 13.5 Å². The van der Waals surface area contributed by atoms with Crippen LogP contribution in [0.2, 0.25) is 0 Å². The van der Waals surface area contributed by atoms with Gasteiger partial charge in [0, 0.05) is 18.5 Å². The van der Waals surface area contributed by atoms with E-state index in [0.29, 0.717) is 25.3 Å².